The first kappa shape index (κ1) is 18.3. The molecule has 0 radical (unpaired) electrons. The van der Waals surface area contributed by atoms with Gasteiger partial charge in [0, 0.05) is 23.6 Å². The second kappa shape index (κ2) is 6.15. The van der Waals surface area contributed by atoms with E-state index in [2.05, 4.69) is 15.4 Å². The van der Waals surface area contributed by atoms with Crippen molar-refractivity contribution in [1.82, 2.24) is 19.9 Å². The summed E-state index contributed by atoms with van der Waals surface area (Å²) in [5, 5.41) is 8.02. The van der Waals surface area contributed by atoms with Crippen molar-refractivity contribution in [2.24, 2.45) is 11.8 Å². The second-order valence-corrected chi connectivity index (χ2v) is 8.83. The molecular formula is C20H24F4N4. The molecule has 0 spiro atoms. The Balaban J connectivity index is 1.51. The minimum Gasteiger partial charge on any atom is -0.316 e. The number of fused-ring (bicyclic) bond motifs is 2. The van der Waals surface area contributed by atoms with E-state index in [0.29, 0.717) is 18.8 Å². The number of hydrogen-bond donors (Lipinski definition) is 1. The number of nitrogens with zero attached hydrogens (tertiary/aromatic N) is 3. The molecular weight excluding hydrogens is 372 g/mol. The second-order valence-electron chi connectivity index (χ2n) is 8.83. The number of halogens is 4. The van der Waals surface area contributed by atoms with Crippen LogP contribution in [0.25, 0.3) is 5.65 Å². The van der Waals surface area contributed by atoms with Gasteiger partial charge < -0.3 is 5.32 Å². The predicted molar refractivity (Wildman–Crippen MR) is 95.7 cm³/mol. The summed E-state index contributed by atoms with van der Waals surface area (Å²) < 4.78 is 55.7. The first-order chi connectivity index (χ1) is 13.3. The predicted octanol–water partition coefficient (Wildman–Crippen LogP) is 4.26. The fraction of sp³-hybridized carbons (Fsp3) is 0.700. The Morgan fingerprint density at radius 1 is 1.18 bits per heavy atom. The molecule has 3 heterocycles. The smallest absolute Gasteiger partial charge is 0.316 e. The maximum atomic E-state index is 15.2. The van der Waals surface area contributed by atoms with Crippen LogP contribution in [0.3, 0.4) is 0 Å². The Bertz CT molecular complexity index is 913. The molecule has 3 fully saturated rings. The van der Waals surface area contributed by atoms with Crippen LogP contribution in [0, 0.1) is 24.6 Å². The van der Waals surface area contributed by atoms with E-state index < -0.39 is 17.9 Å². The molecule has 1 aliphatic heterocycles. The van der Waals surface area contributed by atoms with Gasteiger partial charge in [-0.15, -0.1) is 0 Å². The Kier molecular flexibility index (Phi) is 4.03. The van der Waals surface area contributed by atoms with Crippen LogP contribution < -0.4 is 5.32 Å². The zero-order chi connectivity index (χ0) is 19.7. The van der Waals surface area contributed by atoms with E-state index in [0.717, 1.165) is 37.3 Å². The molecule has 4 nitrogen and oxygen atoms in total. The fourth-order valence-corrected chi connectivity index (χ4v) is 5.41. The van der Waals surface area contributed by atoms with E-state index in [1.54, 1.807) is 4.52 Å². The third-order valence-electron chi connectivity index (χ3n) is 7.11. The molecule has 2 aliphatic carbocycles. The van der Waals surface area contributed by atoms with Crippen LogP contribution in [0.15, 0.2) is 6.07 Å². The minimum absolute atomic E-state index is 0.0200. The first-order valence-corrected chi connectivity index (χ1v) is 10.1. The van der Waals surface area contributed by atoms with E-state index in [-0.39, 0.29) is 35.5 Å². The van der Waals surface area contributed by atoms with E-state index in [1.165, 1.54) is 0 Å². The van der Waals surface area contributed by atoms with Crippen LogP contribution in [0.2, 0.25) is 0 Å². The van der Waals surface area contributed by atoms with E-state index >= 15 is 4.39 Å². The number of piperidine rings is 1. The lowest BCUT2D eigenvalue weighted by Gasteiger charge is -2.28. The molecule has 2 saturated carbocycles. The summed E-state index contributed by atoms with van der Waals surface area (Å²) in [5.41, 5.74) is 2.22. The molecule has 8 heteroatoms. The van der Waals surface area contributed by atoms with Gasteiger partial charge in [-0.05, 0) is 64.0 Å². The lowest BCUT2D eigenvalue weighted by atomic mass is 9.80. The molecule has 2 aromatic rings. The van der Waals surface area contributed by atoms with Crippen LogP contribution in [0.5, 0.6) is 0 Å². The van der Waals surface area contributed by atoms with Gasteiger partial charge in [-0.3, -0.25) is 0 Å². The normalized spacial score (nSPS) is 33.1. The number of rotatable bonds is 2. The molecule has 3 aliphatic rings. The van der Waals surface area contributed by atoms with Crippen molar-refractivity contribution in [2.45, 2.75) is 63.0 Å². The van der Waals surface area contributed by atoms with Crippen molar-refractivity contribution in [2.75, 3.05) is 13.1 Å². The van der Waals surface area contributed by atoms with Crippen molar-refractivity contribution in [3.8, 4) is 0 Å². The van der Waals surface area contributed by atoms with E-state index in [4.69, 9.17) is 0 Å². The molecule has 1 saturated heterocycles. The maximum Gasteiger partial charge on any atom is 0.391 e. The Hall–Kier alpha value is -1.70. The first-order valence-electron chi connectivity index (χ1n) is 10.1. The number of nitrogens with one attached hydrogen (secondary N) is 1. The third kappa shape index (κ3) is 2.75. The van der Waals surface area contributed by atoms with Gasteiger partial charge in [0.15, 0.2) is 11.5 Å². The van der Waals surface area contributed by atoms with Gasteiger partial charge in [0.05, 0.1) is 11.6 Å². The Morgan fingerprint density at radius 2 is 1.93 bits per heavy atom. The molecule has 2 aromatic heterocycles. The molecule has 0 aromatic carbocycles. The Morgan fingerprint density at radius 3 is 2.61 bits per heavy atom. The highest BCUT2D eigenvalue weighted by Crippen LogP contribution is 2.57. The summed E-state index contributed by atoms with van der Waals surface area (Å²) in [6, 6.07) is 2.00. The van der Waals surface area contributed by atoms with Gasteiger partial charge in [-0.25, -0.2) is 13.9 Å². The summed E-state index contributed by atoms with van der Waals surface area (Å²) in [4.78, 5) is 4.38. The SMILES string of the molecule is Cc1cc(C23CNCCC2C3)n2nc([C@H]3CC[C@H](C(F)(F)F)CC3)c(F)c2n1. The average molecular weight is 396 g/mol. The summed E-state index contributed by atoms with van der Waals surface area (Å²) in [6.45, 7) is 3.71. The van der Waals surface area contributed by atoms with Gasteiger partial charge in [0.1, 0.15) is 5.69 Å². The van der Waals surface area contributed by atoms with E-state index in [1.807, 2.05) is 13.0 Å². The molecule has 152 valence electrons. The van der Waals surface area contributed by atoms with Crippen LogP contribution in [-0.2, 0) is 5.41 Å². The van der Waals surface area contributed by atoms with Crippen LogP contribution in [-0.4, -0.2) is 33.9 Å². The van der Waals surface area contributed by atoms with Gasteiger partial charge in [-0.1, -0.05) is 0 Å². The number of alkyl halides is 3. The topological polar surface area (TPSA) is 42.2 Å². The summed E-state index contributed by atoms with van der Waals surface area (Å²) in [7, 11) is 0. The highest BCUT2D eigenvalue weighted by Gasteiger charge is 2.57. The quantitative estimate of drug-likeness (QED) is 0.772. The van der Waals surface area contributed by atoms with Crippen LogP contribution >= 0.6 is 0 Å². The zero-order valence-electron chi connectivity index (χ0n) is 15.8. The van der Waals surface area contributed by atoms with Crippen LogP contribution in [0.1, 0.15) is 61.5 Å². The molecule has 0 bridgehead atoms. The molecule has 1 N–H and O–H groups in total. The van der Waals surface area contributed by atoms with Crippen LogP contribution in [0.4, 0.5) is 17.6 Å². The Labute approximate surface area is 160 Å². The molecule has 2 atom stereocenters. The fourth-order valence-electron chi connectivity index (χ4n) is 5.41. The summed E-state index contributed by atoms with van der Waals surface area (Å²) in [5.74, 6) is -1.43. The zero-order valence-corrected chi connectivity index (χ0v) is 15.8. The van der Waals surface area contributed by atoms with Gasteiger partial charge in [0.2, 0.25) is 0 Å². The lowest BCUT2D eigenvalue weighted by molar-refractivity contribution is -0.182. The third-order valence-corrected chi connectivity index (χ3v) is 7.11. The summed E-state index contributed by atoms with van der Waals surface area (Å²) in [6.07, 6.45) is -1.30. The average Bonchev–Trinajstić information content (AvgIpc) is 3.33. The highest BCUT2D eigenvalue weighted by atomic mass is 19.4. The number of aryl methyl sites for hydroxylation is 1. The van der Waals surface area contributed by atoms with Crippen molar-refractivity contribution in [3.63, 3.8) is 0 Å². The molecule has 5 rings (SSSR count). The standard InChI is InChI=1S/C20H24F4N4/c1-11-8-15(19-9-14(19)6-7-25-10-19)28-18(26-11)16(21)17(27-28)12-2-4-13(5-3-12)20(22,23)24/h8,12-14,25H,2-7,9-10H2,1H3/t12-,13-,14?,19?. The van der Waals surface area contributed by atoms with Crippen molar-refractivity contribution in [3.05, 3.63) is 29.0 Å². The molecule has 28 heavy (non-hydrogen) atoms. The monoisotopic (exact) mass is 396 g/mol. The van der Waals surface area contributed by atoms with Crippen molar-refractivity contribution in [1.29, 1.82) is 0 Å². The maximum absolute atomic E-state index is 15.2. The highest BCUT2D eigenvalue weighted by molar-refractivity contribution is 5.48. The molecule has 0 amide bonds. The largest absolute Gasteiger partial charge is 0.391 e. The number of hydrogen-bond acceptors (Lipinski definition) is 3. The lowest BCUT2D eigenvalue weighted by Crippen LogP contribution is -2.35. The summed E-state index contributed by atoms with van der Waals surface area (Å²) >= 11 is 0. The van der Waals surface area contributed by atoms with Gasteiger partial charge >= 0.3 is 6.18 Å². The van der Waals surface area contributed by atoms with Gasteiger partial charge in [0.25, 0.3) is 0 Å². The van der Waals surface area contributed by atoms with Crippen molar-refractivity contribution >= 4 is 5.65 Å². The number of aromatic nitrogens is 3. The van der Waals surface area contributed by atoms with Gasteiger partial charge in [-0.2, -0.15) is 18.3 Å². The molecule has 2 unspecified atom stereocenters. The minimum atomic E-state index is -4.16. The van der Waals surface area contributed by atoms with E-state index in [9.17, 15) is 13.2 Å². The van der Waals surface area contributed by atoms with Crippen molar-refractivity contribution < 1.29 is 17.6 Å².